The van der Waals surface area contributed by atoms with Gasteiger partial charge in [0.15, 0.2) is 11.5 Å². The molecule has 0 unspecified atom stereocenters. The van der Waals surface area contributed by atoms with Crippen LogP contribution in [0.4, 0.5) is 4.79 Å². The number of rotatable bonds is 6. The van der Waals surface area contributed by atoms with Crippen molar-refractivity contribution in [3.63, 3.8) is 0 Å². The number of carbonyl (C=O) groups excluding carboxylic acids is 3. The summed E-state index contributed by atoms with van der Waals surface area (Å²) in [5.74, 6) is 0.373. The van der Waals surface area contributed by atoms with Crippen molar-refractivity contribution in [2.75, 3.05) is 53.6 Å². The molecule has 0 atom stereocenters. The fourth-order valence-corrected chi connectivity index (χ4v) is 2.70. The summed E-state index contributed by atoms with van der Waals surface area (Å²) in [4.78, 5) is 39.4. The monoisotopic (exact) mass is 379 g/mol. The lowest BCUT2D eigenvalue weighted by molar-refractivity contribution is -0.131. The first kappa shape index (κ1) is 20.3. The fraction of sp³-hybridized carbons (Fsp3) is 0.500. The van der Waals surface area contributed by atoms with Crippen LogP contribution in [0.2, 0.25) is 0 Å². The van der Waals surface area contributed by atoms with E-state index in [9.17, 15) is 14.4 Å². The predicted molar refractivity (Wildman–Crippen MR) is 97.1 cm³/mol. The number of ether oxygens (including phenoxy) is 3. The summed E-state index contributed by atoms with van der Waals surface area (Å²) >= 11 is 0. The van der Waals surface area contributed by atoms with Gasteiger partial charge < -0.3 is 29.3 Å². The normalized spacial score (nSPS) is 13.7. The molecule has 1 saturated heterocycles. The average Bonchev–Trinajstić information content (AvgIpc) is 2.71. The van der Waals surface area contributed by atoms with Crippen molar-refractivity contribution in [1.29, 1.82) is 0 Å². The van der Waals surface area contributed by atoms with Crippen LogP contribution in [-0.4, -0.2) is 81.3 Å². The second kappa shape index (κ2) is 9.65. The number of piperazine rings is 1. The molecule has 1 aliphatic heterocycles. The third kappa shape index (κ3) is 5.25. The molecular weight excluding hydrogens is 354 g/mol. The summed E-state index contributed by atoms with van der Waals surface area (Å²) in [5.41, 5.74) is 0.368. The molecule has 27 heavy (non-hydrogen) atoms. The molecular formula is C18H25N3O6. The quantitative estimate of drug-likeness (QED) is 0.783. The highest BCUT2D eigenvalue weighted by molar-refractivity contribution is 5.97. The van der Waals surface area contributed by atoms with E-state index in [0.717, 1.165) is 0 Å². The second-order valence-corrected chi connectivity index (χ2v) is 5.82. The Morgan fingerprint density at radius 2 is 1.63 bits per heavy atom. The minimum absolute atomic E-state index is 0.118. The number of hydrogen-bond acceptors (Lipinski definition) is 6. The van der Waals surface area contributed by atoms with Gasteiger partial charge >= 0.3 is 6.09 Å². The predicted octanol–water partition coefficient (Wildman–Crippen LogP) is 0.734. The number of methoxy groups -OCH3 is 2. The number of carbonyl (C=O) groups is 3. The standard InChI is InChI=1S/C18H25N3O6/c1-4-27-18(24)21-9-7-20(8-10-21)16(22)12-19-17(23)13-5-6-14(25-2)15(11-13)26-3/h5-6,11H,4,7-10,12H2,1-3H3,(H,19,23). The highest BCUT2D eigenvalue weighted by Gasteiger charge is 2.25. The van der Waals surface area contributed by atoms with Crippen LogP contribution in [-0.2, 0) is 9.53 Å². The van der Waals surface area contributed by atoms with Gasteiger partial charge in [0, 0.05) is 31.7 Å². The van der Waals surface area contributed by atoms with Crippen LogP contribution in [0.25, 0.3) is 0 Å². The lowest BCUT2D eigenvalue weighted by Crippen LogP contribution is -2.52. The molecule has 1 fully saturated rings. The Hall–Kier alpha value is -2.97. The van der Waals surface area contributed by atoms with E-state index in [1.54, 1.807) is 34.9 Å². The maximum absolute atomic E-state index is 12.3. The Labute approximate surface area is 158 Å². The van der Waals surface area contributed by atoms with Crippen LogP contribution in [0, 0.1) is 0 Å². The highest BCUT2D eigenvalue weighted by Crippen LogP contribution is 2.27. The molecule has 0 aromatic heterocycles. The smallest absolute Gasteiger partial charge is 0.409 e. The van der Waals surface area contributed by atoms with Crippen molar-refractivity contribution in [1.82, 2.24) is 15.1 Å². The Balaban J connectivity index is 1.83. The number of nitrogens with zero attached hydrogens (tertiary/aromatic N) is 2. The van der Waals surface area contributed by atoms with Crippen LogP contribution >= 0.6 is 0 Å². The lowest BCUT2D eigenvalue weighted by Gasteiger charge is -2.34. The fourth-order valence-electron chi connectivity index (χ4n) is 2.70. The molecule has 3 amide bonds. The van der Waals surface area contributed by atoms with Gasteiger partial charge in [0.2, 0.25) is 5.91 Å². The van der Waals surface area contributed by atoms with Crippen LogP contribution in [0.5, 0.6) is 11.5 Å². The Bertz CT molecular complexity index is 686. The molecule has 9 heteroatoms. The van der Waals surface area contributed by atoms with Gasteiger partial charge in [-0.1, -0.05) is 0 Å². The van der Waals surface area contributed by atoms with Crippen molar-refractivity contribution in [2.24, 2.45) is 0 Å². The number of benzene rings is 1. The lowest BCUT2D eigenvalue weighted by atomic mass is 10.2. The summed E-state index contributed by atoms with van der Waals surface area (Å²) in [6, 6.07) is 4.78. The van der Waals surface area contributed by atoms with Gasteiger partial charge in [-0.2, -0.15) is 0 Å². The third-order valence-corrected chi connectivity index (χ3v) is 4.20. The van der Waals surface area contributed by atoms with E-state index in [1.165, 1.54) is 14.2 Å². The number of amides is 3. The summed E-state index contributed by atoms with van der Waals surface area (Å²) < 4.78 is 15.3. The number of hydrogen-bond donors (Lipinski definition) is 1. The summed E-state index contributed by atoms with van der Waals surface area (Å²) in [6.07, 6.45) is -0.369. The van der Waals surface area contributed by atoms with E-state index in [2.05, 4.69) is 5.32 Å². The van der Waals surface area contributed by atoms with Crippen LogP contribution in [0.3, 0.4) is 0 Å². The van der Waals surface area contributed by atoms with Crippen LogP contribution in [0.1, 0.15) is 17.3 Å². The molecule has 0 spiro atoms. The summed E-state index contributed by atoms with van der Waals surface area (Å²) in [5, 5.41) is 2.61. The van der Waals surface area contributed by atoms with Gasteiger partial charge in [-0.15, -0.1) is 0 Å². The van der Waals surface area contributed by atoms with Crippen LogP contribution in [0.15, 0.2) is 18.2 Å². The zero-order valence-corrected chi connectivity index (χ0v) is 15.8. The van der Waals surface area contributed by atoms with Gasteiger partial charge in [-0.3, -0.25) is 9.59 Å². The SMILES string of the molecule is CCOC(=O)N1CCN(C(=O)CNC(=O)c2ccc(OC)c(OC)c2)CC1. The Morgan fingerprint density at radius 3 is 2.22 bits per heavy atom. The molecule has 0 saturated carbocycles. The van der Waals surface area contributed by atoms with Gasteiger partial charge in [-0.25, -0.2) is 4.79 Å². The largest absolute Gasteiger partial charge is 0.493 e. The van der Waals surface area contributed by atoms with E-state index < -0.39 is 0 Å². The first-order chi connectivity index (χ1) is 13.0. The molecule has 0 radical (unpaired) electrons. The van der Waals surface area contributed by atoms with E-state index in [4.69, 9.17) is 14.2 Å². The Kier molecular flexibility index (Phi) is 7.27. The van der Waals surface area contributed by atoms with E-state index in [0.29, 0.717) is 49.8 Å². The molecule has 9 nitrogen and oxygen atoms in total. The molecule has 0 aliphatic carbocycles. The topological polar surface area (TPSA) is 97.4 Å². The van der Waals surface area contributed by atoms with Gasteiger partial charge in [0.25, 0.3) is 5.91 Å². The van der Waals surface area contributed by atoms with Crippen molar-refractivity contribution in [2.45, 2.75) is 6.92 Å². The zero-order valence-electron chi connectivity index (χ0n) is 15.8. The Morgan fingerprint density at radius 1 is 1.00 bits per heavy atom. The minimum Gasteiger partial charge on any atom is -0.493 e. The second-order valence-electron chi connectivity index (χ2n) is 5.82. The minimum atomic E-state index is -0.380. The molecule has 2 rings (SSSR count). The van der Waals surface area contributed by atoms with Crippen molar-refractivity contribution in [3.05, 3.63) is 23.8 Å². The van der Waals surface area contributed by atoms with E-state index in [-0.39, 0.29) is 24.5 Å². The molecule has 1 aromatic rings. The highest BCUT2D eigenvalue weighted by atomic mass is 16.6. The first-order valence-electron chi connectivity index (χ1n) is 8.69. The van der Waals surface area contributed by atoms with E-state index in [1.807, 2.05) is 0 Å². The third-order valence-electron chi connectivity index (χ3n) is 4.20. The molecule has 1 aliphatic rings. The number of nitrogens with one attached hydrogen (secondary N) is 1. The van der Waals surface area contributed by atoms with Crippen molar-refractivity contribution in [3.8, 4) is 11.5 Å². The summed E-state index contributed by atoms with van der Waals surface area (Å²) in [7, 11) is 3.00. The summed E-state index contributed by atoms with van der Waals surface area (Å²) in [6.45, 7) is 3.58. The van der Waals surface area contributed by atoms with Gasteiger partial charge in [0.05, 0.1) is 27.4 Å². The van der Waals surface area contributed by atoms with Gasteiger partial charge in [-0.05, 0) is 25.1 Å². The molecule has 0 bridgehead atoms. The molecule has 1 heterocycles. The van der Waals surface area contributed by atoms with Gasteiger partial charge in [0.1, 0.15) is 0 Å². The first-order valence-corrected chi connectivity index (χ1v) is 8.69. The van der Waals surface area contributed by atoms with Crippen molar-refractivity contribution >= 4 is 17.9 Å². The maximum Gasteiger partial charge on any atom is 0.409 e. The van der Waals surface area contributed by atoms with E-state index >= 15 is 0 Å². The van der Waals surface area contributed by atoms with Crippen LogP contribution < -0.4 is 14.8 Å². The maximum atomic E-state index is 12.3. The average molecular weight is 379 g/mol. The molecule has 1 N–H and O–H groups in total. The molecule has 1 aromatic carbocycles. The zero-order chi connectivity index (χ0) is 19.8. The van der Waals surface area contributed by atoms with Crippen molar-refractivity contribution < 1.29 is 28.6 Å². The molecule has 148 valence electrons.